The molecule has 138 valence electrons. The van der Waals surface area contributed by atoms with Crippen LogP contribution in [0.3, 0.4) is 0 Å². The summed E-state index contributed by atoms with van der Waals surface area (Å²) in [5.41, 5.74) is 1.61. The lowest BCUT2D eigenvalue weighted by Crippen LogP contribution is -2.24. The lowest BCUT2D eigenvalue weighted by molar-refractivity contribution is 0.475. The van der Waals surface area contributed by atoms with E-state index in [2.05, 4.69) is 19.9 Å². The molecule has 3 aromatic rings. The summed E-state index contributed by atoms with van der Waals surface area (Å²) in [7, 11) is -3.80. The lowest BCUT2D eigenvalue weighted by atomic mass is 10.2. The van der Waals surface area contributed by atoms with Crippen molar-refractivity contribution >= 4 is 10.0 Å². The number of aryl methyl sites for hydroxylation is 3. The molecule has 0 radical (unpaired) electrons. The van der Waals surface area contributed by atoms with E-state index in [1.54, 1.807) is 26.0 Å². The first-order valence-corrected chi connectivity index (χ1v) is 9.91. The number of hydrogen-bond donors (Lipinski definition) is 2. The molecule has 3 heterocycles. The van der Waals surface area contributed by atoms with Gasteiger partial charge in [-0.2, -0.15) is 0 Å². The van der Waals surface area contributed by atoms with E-state index in [9.17, 15) is 8.42 Å². The van der Waals surface area contributed by atoms with Crippen molar-refractivity contribution in [1.29, 1.82) is 0 Å². The Morgan fingerprint density at radius 1 is 1.15 bits per heavy atom. The molecule has 2 N–H and O–H groups in total. The third kappa shape index (κ3) is 3.08. The van der Waals surface area contributed by atoms with Crippen LogP contribution >= 0.6 is 0 Å². The van der Waals surface area contributed by atoms with Gasteiger partial charge in [-0.1, -0.05) is 0 Å². The number of nitrogens with zero attached hydrogens (tertiary/aromatic N) is 2. The highest BCUT2D eigenvalue weighted by Crippen LogP contribution is 2.41. The van der Waals surface area contributed by atoms with Gasteiger partial charge in [0.25, 0.3) is 5.89 Å². The number of H-pyrrole nitrogens is 1. The van der Waals surface area contributed by atoms with Crippen LogP contribution in [0.2, 0.25) is 0 Å². The monoisotopic (exact) mass is 376 g/mol. The second kappa shape index (κ2) is 6.10. The van der Waals surface area contributed by atoms with Crippen LogP contribution in [0.1, 0.15) is 47.6 Å². The van der Waals surface area contributed by atoms with Gasteiger partial charge in [0.1, 0.15) is 16.4 Å². The maximum Gasteiger partial charge on any atom is 0.250 e. The Hall–Kier alpha value is -2.39. The van der Waals surface area contributed by atoms with Gasteiger partial charge in [0, 0.05) is 17.3 Å². The van der Waals surface area contributed by atoms with Gasteiger partial charge in [-0.05, 0) is 45.7 Å². The Labute approximate surface area is 151 Å². The smallest absolute Gasteiger partial charge is 0.250 e. The van der Waals surface area contributed by atoms with E-state index in [4.69, 9.17) is 8.83 Å². The average molecular weight is 376 g/mol. The van der Waals surface area contributed by atoms with E-state index in [0.717, 1.165) is 18.6 Å². The number of furan rings is 1. The summed E-state index contributed by atoms with van der Waals surface area (Å²) in [5.74, 6) is 2.37. The maximum absolute atomic E-state index is 12.9. The van der Waals surface area contributed by atoms with E-state index in [-0.39, 0.29) is 17.3 Å². The molecule has 1 aliphatic rings. The van der Waals surface area contributed by atoms with Crippen LogP contribution < -0.4 is 4.72 Å². The highest BCUT2D eigenvalue weighted by atomic mass is 32.2. The van der Waals surface area contributed by atoms with Crippen LogP contribution in [0.15, 0.2) is 25.9 Å². The van der Waals surface area contributed by atoms with E-state index in [1.165, 1.54) is 0 Å². The number of rotatable bonds is 6. The fourth-order valence-corrected chi connectivity index (χ4v) is 4.44. The summed E-state index contributed by atoms with van der Waals surface area (Å²) in [6.45, 7) is 5.37. The summed E-state index contributed by atoms with van der Waals surface area (Å²) < 4.78 is 39.6. The molecule has 0 aromatic carbocycles. The highest BCUT2D eigenvalue weighted by Gasteiger charge is 2.33. The van der Waals surface area contributed by atoms with Gasteiger partial charge in [0.15, 0.2) is 0 Å². The van der Waals surface area contributed by atoms with Gasteiger partial charge in [-0.15, -0.1) is 10.2 Å². The van der Waals surface area contributed by atoms with Gasteiger partial charge in [0.2, 0.25) is 15.9 Å². The molecular formula is C17H20N4O4S. The van der Waals surface area contributed by atoms with Crippen LogP contribution in [0, 0.1) is 20.8 Å². The normalized spacial score (nSPS) is 14.9. The first-order valence-electron chi connectivity index (χ1n) is 8.43. The Morgan fingerprint density at radius 3 is 2.58 bits per heavy atom. The molecule has 1 saturated carbocycles. The van der Waals surface area contributed by atoms with Crippen LogP contribution in [-0.4, -0.2) is 23.6 Å². The highest BCUT2D eigenvalue weighted by molar-refractivity contribution is 7.89. The Balaban J connectivity index is 1.68. The number of aromatic amines is 1. The fraction of sp³-hybridized carbons (Fsp3) is 0.412. The maximum atomic E-state index is 12.9. The van der Waals surface area contributed by atoms with Gasteiger partial charge in [0.05, 0.1) is 12.1 Å². The quantitative estimate of drug-likeness (QED) is 0.684. The molecule has 0 spiro atoms. The van der Waals surface area contributed by atoms with Crippen LogP contribution in [0.25, 0.3) is 11.5 Å². The fourth-order valence-electron chi connectivity index (χ4n) is 3.00. The summed E-state index contributed by atoms with van der Waals surface area (Å²) in [4.78, 5) is 3.20. The number of sulfonamides is 1. The molecule has 0 saturated heterocycles. The molecule has 26 heavy (non-hydrogen) atoms. The molecular weight excluding hydrogens is 356 g/mol. The largest absolute Gasteiger partial charge is 0.465 e. The second-order valence-electron chi connectivity index (χ2n) is 6.64. The number of aromatic nitrogens is 3. The van der Waals surface area contributed by atoms with E-state index < -0.39 is 10.0 Å². The van der Waals surface area contributed by atoms with E-state index >= 15 is 0 Å². The molecule has 0 bridgehead atoms. The molecule has 4 rings (SSSR count). The topological polar surface area (TPSA) is 114 Å². The van der Waals surface area contributed by atoms with Crippen molar-refractivity contribution in [2.24, 2.45) is 0 Å². The minimum absolute atomic E-state index is 0.0659. The third-order valence-corrected chi connectivity index (χ3v) is 5.97. The Morgan fingerprint density at radius 2 is 1.92 bits per heavy atom. The zero-order valence-electron chi connectivity index (χ0n) is 14.8. The standard InChI is InChI=1S/C17H20N4O4S/c1-9-4-7-13(24-9)8-18-26(22,23)15-11(3)19-10(2)14(15)17-21-20-16(25-17)12-5-6-12/h4,7,12,18-19H,5-6,8H2,1-3H3. The molecule has 1 aliphatic carbocycles. The number of hydrogen-bond acceptors (Lipinski definition) is 6. The minimum Gasteiger partial charge on any atom is -0.465 e. The summed E-state index contributed by atoms with van der Waals surface area (Å²) in [6.07, 6.45) is 2.06. The Kier molecular flexibility index (Phi) is 4.00. The van der Waals surface area contributed by atoms with Crippen LogP contribution in [0.5, 0.6) is 0 Å². The zero-order valence-corrected chi connectivity index (χ0v) is 15.6. The Bertz CT molecular complexity index is 1060. The molecule has 3 aromatic heterocycles. The summed E-state index contributed by atoms with van der Waals surface area (Å²) in [5, 5.41) is 8.13. The van der Waals surface area contributed by atoms with Crippen molar-refractivity contribution in [3.63, 3.8) is 0 Å². The van der Waals surface area contributed by atoms with Crippen molar-refractivity contribution < 1.29 is 17.3 Å². The van der Waals surface area contributed by atoms with Gasteiger partial charge < -0.3 is 13.8 Å². The molecule has 8 nitrogen and oxygen atoms in total. The third-order valence-electron chi connectivity index (χ3n) is 4.40. The second-order valence-corrected chi connectivity index (χ2v) is 8.34. The van der Waals surface area contributed by atoms with Crippen molar-refractivity contribution in [2.45, 2.75) is 51.0 Å². The molecule has 0 atom stereocenters. The SMILES string of the molecule is Cc1ccc(CNS(=O)(=O)c2c(C)[nH]c(C)c2-c2nnc(C3CC3)o2)o1. The lowest BCUT2D eigenvalue weighted by Gasteiger charge is -2.07. The van der Waals surface area contributed by atoms with Gasteiger partial charge in [-0.25, -0.2) is 13.1 Å². The summed E-state index contributed by atoms with van der Waals surface area (Å²) in [6, 6.07) is 3.53. The van der Waals surface area contributed by atoms with Crippen molar-refractivity contribution in [2.75, 3.05) is 0 Å². The number of nitrogens with one attached hydrogen (secondary N) is 2. The predicted molar refractivity (Wildman–Crippen MR) is 93.0 cm³/mol. The molecule has 9 heteroatoms. The first kappa shape index (κ1) is 17.0. The molecule has 0 unspecified atom stereocenters. The molecule has 0 amide bonds. The first-order chi connectivity index (χ1) is 12.3. The van der Waals surface area contributed by atoms with Gasteiger partial charge >= 0.3 is 0 Å². The van der Waals surface area contributed by atoms with Crippen LogP contribution in [-0.2, 0) is 16.6 Å². The molecule has 0 aliphatic heterocycles. The zero-order chi connectivity index (χ0) is 18.5. The average Bonchev–Trinajstić information content (AvgIpc) is 3.02. The molecule has 1 fully saturated rings. The van der Waals surface area contributed by atoms with E-state index in [1.807, 2.05) is 6.92 Å². The predicted octanol–water partition coefficient (Wildman–Crippen LogP) is 2.94. The van der Waals surface area contributed by atoms with Gasteiger partial charge in [-0.3, -0.25) is 0 Å². The minimum atomic E-state index is -3.80. The van der Waals surface area contributed by atoms with Crippen molar-refractivity contribution in [3.8, 4) is 11.5 Å². The van der Waals surface area contributed by atoms with Crippen molar-refractivity contribution in [1.82, 2.24) is 19.9 Å². The van der Waals surface area contributed by atoms with Crippen LogP contribution in [0.4, 0.5) is 0 Å². The summed E-state index contributed by atoms with van der Waals surface area (Å²) >= 11 is 0. The van der Waals surface area contributed by atoms with Crippen molar-refractivity contribution in [3.05, 3.63) is 40.9 Å². The van der Waals surface area contributed by atoms with E-state index in [0.29, 0.717) is 34.5 Å².